The van der Waals surface area contributed by atoms with E-state index in [9.17, 15) is 0 Å². The number of thiazole rings is 1. The maximum absolute atomic E-state index is 4.49. The van der Waals surface area contributed by atoms with Gasteiger partial charge in [-0.25, -0.2) is 4.98 Å². The Bertz CT molecular complexity index is 606. The van der Waals surface area contributed by atoms with Crippen molar-refractivity contribution in [3.63, 3.8) is 0 Å². The number of hydrogen-bond donors (Lipinski definition) is 1. The normalized spacial score (nSPS) is 11.7. The highest BCUT2D eigenvalue weighted by Gasteiger charge is 2.08. The van der Waals surface area contributed by atoms with Crippen molar-refractivity contribution in [2.45, 2.75) is 19.9 Å². The summed E-state index contributed by atoms with van der Waals surface area (Å²) in [5.41, 5.74) is 1.09. The molecule has 2 aromatic heterocycles. The van der Waals surface area contributed by atoms with Crippen LogP contribution in [0.2, 0.25) is 0 Å². The summed E-state index contributed by atoms with van der Waals surface area (Å²) in [4.78, 5) is 12.3. The molecule has 2 heterocycles. The molecule has 0 saturated carbocycles. The molecule has 0 radical (unpaired) electrons. The first-order valence-corrected chi connectivity index (χ1v) is 9.14. The number of aromatic nitrogens is 1. The highest BCUT2D eigenvalue weighted by molar-refractivity contribution is 9.11. The molecule has 0 unspecified atom stereocenters. The highest BCUT2D eigenvalue weighted by atomic mass is 79.9. The van der Waals surface area contributed by atoms with E-state index in [1.807, 2.05) is 21.0 Å². The van der Waals surface area contributed by atoms with Crippen LogP contribution >= 0.6 is 38.6 Å². The van der Waals surface area contributed by atoms with Crippen LogP contribution in [0.15, 0.2) is 26.3 Å². The Morgan fingerprint density at radius 3 is 2.86 bits per heavy atom. The van der Waals surface area contributed by atoms with Crippen LogP contribution in [0.5, 0.6) is 0 Å². The Labute approximate surface area is 142 Å². The number of aryl methyl sites for hydroxylation is 1. The van der Waals surface area contributed by atoms with Crippen molar-refractivity contribution in [3.05, 3.63) is 36.9 Å². The van der Waals surface area contributed by atoms with Gasteiger partial charge in [-0.2, -0.15) is 0 Å². The summed E-state index contributed by atoms with van der Waals surface area (Å²) in [6, 6.07) is 4.24. The number of halogens is 1. The third-order valence-corrected chi connectivity index (χ3v) is 5.43. The lowest BCUT2D eigenvalue weighted by Crippen LogP contribution is -2.39. The number of nitrogens with zero attached hydrogens (tertiary/aromatic N) is 3. The van der Waals surface area contributed by atoms with Crippen LogP contribution in [-0.4, -0.2) is 36.5 Å². The first kappa shape index (κ1) is 16.5. The van der Waals surface area contributed by atoms with Gasteiger partial charge in [-0.05, 0) is 41.4 Å². The second-order valence-electron chi connectivity index (χ2n) is 4.64. The fourth-order valence-electron chi connectivity index (χ4n) is 1.97. The van der Waals surface area contributed by atoms with Crippen LogP contribution in [0, 0.1) is 6.92 Å². The van der Waals surface area contributed by atoms with Gasteiger partial charge in [-0.3, -0.25) is 4.99 Å². The molecule has 21 heavy (non-hydrogen) atoms. The van der Waals surface area contributed by atoms with Crippen molar-refractivity contribution in [2.75, 3.05) is 20.6 Å². The lowest BCUT2D eigenvalue weighted by atomic mass is 10.3. The second-order valence-corrected chi connectivity index (χ2v) is 8.25. The molecule has 1 N–H and O–H groups in total. The van der Waals surface area contributed by atoms with Crippen molar-refractivity contribution < 1.29 is 0 Å². The molecule has 7 heteroatoms. The average Bonchev–Trinajstić information content (AvgIpc) is 3.03. The van der Waals surface area contributed by atoms with E-state index < -0.39 is 0 Å². The summed E-state index contributed by atoms with van der Waals surface area (Å²) in [5.74, 6) is 0.899. The molecule has 0 amide bonds. The smallest absolute Gasteiger partial charge is 0.193 e. The summed E-state index contributed by atoms with van der Waals surface area (Å²) < 4.78 is 1.18. The maximum atomic E-state index is 4.49. The number of hydrogen-bond acceptors (Lipinski definition) is 4. The fraction of sp³-hybridized carbons (Fsp3) is 0.429. The fourth-order valence-corrected chi connectivity index (χ4v) is 4.05. The van der Waals surface area contributed by atoms with E-state index in [1.54, 1.807) is 22.7 Å². The van der Waals surface area contributed by atoms with Crippen molar-refractivity contribution in [2.24, 2.45) is 4.99 Å². The Morgan fingerprint density at radius 2 is 2.29 bits per heavy atom. The number of rotatable bonds is 5. The third kappa shape index (κ3) is 5.09. The molecule has 0 bridgehead atoms. The van der Waals surface area contributed by atoms with Gasteiger partial charge in [-0.15, -0.1) is 22.7 Å². The molecule has 0 spiro atoms. The molecule has 0 aliphatic rings. The Balaban J connectivity index is 1.82. The monoisotopic (exact) mass is 386 g/mol. The van der Waals surface area contributed by atoms with Crippen molar-refractivity contribution >= 4 is 44.6 Å². The summed E-state index contributed by atoms with van der Waals surface area (Å²) in [6.07, 6.45) is 0.999. The predicted molar refractivity (Wildman–Crippen MR) is 95.4 cm³/mol. The minimum absolute atomic E-state index is 0.772. The predicted octanol–water partition coefficient (Wildman–Crippen LogP) is 3.53. The number of nitrogens with one attached hydrogen (secondary N) is 1. The van der Waals surface area contributed by atoms with Crippen LogP contribution in [-0.2, 0) is 13.0 Å². The minimum Gasteiger partial charge on any atom is -0.356 e. The minimum atomic E-state index is 0.772. The van der Waals surface area contributed by atoms with Gasteiger partial charge < -0.3 is 10.2 Å². The van der Waals surface area contributed by atoms with E-state index in [2.05, 4.69) is 53.6 Å². The van der Waals surface area contributed by atoms with Gasteiger partial charge in [0.2, 0.25) is 0 Å². The standard InChI is InChI=1S/C14H19BrN4S2/c1-10-18-11(9-20-10)8-19(3)14(16-2)17-7-6-12-4-5-13(15)21-12/h4-5,9H,6-8H2,1-3H3,(H,16,17). The molecular formula is C14H19BrN4S2. The molecule has 0 aliphatic carbocycles. The van der Waals surface area contributed by atoms with Gasteiger partial charge in [0.1, 0.15) is 0 Å². The number of aliphatic imine (C=N–C) groups is 1. The van der Waals surface area contributed by atoms with Gasteiger partial charge >= 0.3 is 0 Å². The molecule has 0 fully saturated rings. The summed E-state index contributed by atoms with van der Waals surface area (Å²) >= 11 is 6.95. The SMILES string of the molecule is CN=C(NCCc1ccc(Br)s1)N(C)Cc1csc(C)n1. The number of thiophene rings is 1. The highest BCUT2D eigenvalue weighted by Crippen LogP contribution is 2.22. The number of guanidine groups is 1. The van der Waals surface area contributed by atoms with Crippen LogP contribution in [0.1, 0.15) is 15.6 Å². The maximum Gasteiger partial charge on any atom is 0.193 e. The molecular weight excluding hydrogens is 368 g/mol. The van der Waals surface area contributed by atoms with Gasteiger partial charge in [0, 0.05) is 30.9 Å². The molecule has 2 aromatic rings. The molecule has 2 rings (SSSR count). The molecule has 0 saturated heterocycles. The zero-order valence-corrected chi connectivity index (χ0v) is 15.6. The lowest BCUT2D eigenvalue weighted by molar-refractivity contribution is 0.471. The van der Waals surface area contributed by atoms with E-state index in [1.165, 1.54) is 8.66 Å². The molecule has 0 aliphatic heterocycles. The molecule has 114 valence electrons. The van der Waals surface area contributed by atoms with E-state index in [4.69, 9.17) is 0 Å². The Hall–Kier alpha value is -0.920. The van der Waals surface area contributed by atoms with Crippen molar-refractivity contribution in [1.82, 2.24) is 15.2 Å². The summed E-state index contributed by atoms with van der Waals surface area (Å²) in [7, 11) is 3.85. The van der Waals surface area contributed by atoms with Gasteiger partial charge in [0.05, 0.1) is 21.0 Å². The third-order valence-electron chi connectivity index (χ3n) is 2.92. The van der Waals surface area contributed by atoms with Gasteiger partial charge in [0.15, 0.2) is 5.96 Å². The van der Waals surface area contributed by atoms with Gasteiger partial charge in [0.25, 0.3) is 0 Å². The molecule has 4 nitrogen and oxygen atoms in total. The molecule has 0 aromatic carbocycles. The van der Waals surface area contributed by atoms with E-state index in [0.29, 0.717) is 0 Å². The Kier molecular flexibility index (Phi) is 6.20. The van der Waals surface area contributed by atoms with Crippen LogP contribution < -0.4 is 5.32 Å². The van der Waals surface area contributed by atoms with Crippen LogP contribution in [0.3, 0.4) is 0 Å². The zero-order chi connectivity index (χ0) is 15.2. The first-order valence-electron chi connectivity index (χ1n) is 6.65. The van der Waals surface area contributed by atoms with E-state index >= 15 is 0 Å². The van der Waals surface area contributed by atoms with Crippen LogP contribution in [0.25, 0.3) is 0 Å². The van der Waals surface area contributed by atoms with Crippen LogP contribution in [0.4, 0.5) is 0 Å². The largest absolute Gasteiger partial charge is 0.356 e. The summed E-state index contributed by atoms with van der Waals surface area (Å²) in [5, 5.41) is 6.60. The van der Waals surface area contributed by atoms with E-state index in [0.717, 1.165) is 36.2 Å². The topological polar surface area (TPSA) is 40.5 Å². The lowest BCUT2D eigenvalue weighted by Gasteiger charge is -2.21. The average molecular weight is 387 g/mol. The first-order chi connectivity index (χ1) is 10.1. The van der Waals surface area contributed by atoms with Crippen molar-refractivity contribution in [1.29, 1.82) is 0 Å². The summed E-state index contributed by atoms with van der Waals surface area (Å²) in [6.45, 7) is 3.68. The molecule has 0 atom stereocenters. The van der Waals surface area contributed by atoms with Gasteiger partial charge in [-0.1, -0.05) is 0 Å². The quantitative estimate of drug-likeness (QED) is 0.630. The Morgan fingerprint density at radius 1 is 1.48 bits per heavy atom. The van der Waals surface area contributed by atoms with E-state index in [-0.39, 0.29) is 0 Å². The zero-order valence-electron chi connectivity index (χ0n) is 12.4. The second kappa shape index (κ2) is 7.91. The van der Waals surface area contributed by atoms with Crippen molar-refractivity contribution in [3.8, 4) is 0 Å².